The second-order valence-corrected chi connectivity index (χ2v) is 5.41. The van der Waals surface area contributed by atoms with Gasteiger partial charge >= 0.3 is 0 Å². The Kier molecular flexibility index (Phi) is 5.41. The van der Waals surface area contributed by atoms with Gasteiger partial charge in [-0.1, -0.05) is 6.92 Å². The zero-order valence-corrected chi connectivity index (χ0v) is 11.3. The van der Waals surface area contributed by atoms with Crippen molar-refractivity contribution in [3.05, 3.63) is 0 Å². The van der Waals surface area contributed by atoms with Crippen LogP contribution in [0.3, 0.4) is 0 Å². The molecule has 18 heavy (non-hydrogen) atoms. The maximum atomic E-state index is 11.8. The van der Waals surface area contributed by atoms with E-state index < -0.39 is 0 Å². The third-order valence-electron chi connectivity index (χ3n) is 3.68. The molecule has 1 amide bonds. The molecule has 0 spiro atoms. The van der Waals surface area contributed by atoms with Gasteiger partial charge in [0.25, 0.3) is 0 Å². The molecule has 2 aliphatic rings. The van der Waals surface area contributed by atoms with Crippen LogP contribution in [0, 0.1) is 5.92 Å². The van der Waals surface area contributed by atoms with Gasteiger partial charge in [0.05, 0.1) is 19.3 Å². The fourth-order valence-electron chi connectivity index (χ4n) is 2.60. The molecule has 2 saturated heterocycles. The minimum absolute atomic E-state index is 0.0422. The number of hydrogen-bond acceptors (Lipinski definition) is 4. The van der Waals surface area contributed by atoms with E-state index in [2.05, 4.69) is 22.5 Å². The second-order valence-electron chi connectivity index (χ2n) is 5.41. The number of morpholine rings is 1. The third-order valence-corrected chi connectivity index (χ3v) is 3.68. The second kappa shape index (κ2) is 7.07. The number of nitrogens with one attached hydrogen (secondary N) is 2. The molecule has 0 aromatic heterocycles. The van der Waals surface area contributed by atoms with Crippen LogP contribution in [-0.2, 0) is 9.53 Å². The van der Waals surface area contributed by atoms with E-state index in [1.165, 1.54) is 0 Å². The van der Waals surface area contributed by atoms with E-state index in [0.29, 0.717) is 5.92 Å². The minimum atomic E-state index is 0.0422. The molecule has 0 aliphatic carbocycles. The van der Waals surface area contributed by atoms with E-state index >= 15 is 0 Å². The summed E-state index contributed by atoms with van der Waals surface area (Å²) in [6.07, 6.45) is 2.09. The molecule has 2 unspecified atom stereocenters. The van der Waals surface area contributed by atoms with Crippen molar-refractivity contribution in [1.29, 1.82) is 0 Å². The van der Waals surface area contributed by atoms with Crippen LogP contribution in [0.2, 0.25) is 0 Å². The van der Waals surface area contributed by atoms with E-state index in [0.717, 1.165) is 58.8 Å². The summed E-state index contributed by atoms with van der Waals surface area (Å²) in [5, 5.41) is 6.28. The number of rotatable bonds is 5. The van der Waals surface area contributed by atoms with E-state index in [4.69, 9.17) is 4.74 Å². The van der Waals surface area contributed by atoms with Crippen molar-refractivity contribution < 1.29 is 9.53 Å². The first-order valence-electron chi connectivity index (χ1n) is 7.07. The normalized spacial score (nSPS) is 27.1. The van der Waals surface area contributed by atoms with Crippen LogP contribution in [0.4, 0.5) is 0 Å². The first-order valence-corrected chi connectivity index (χ1v) is 7.07. The van der Waals surface area contributed by atoms with Gasteiger partial charge in [-0.2, -0.15) is 0 Å². The van der Waals surface area contributed by atoms with Crippen molar-refractivity contribution in [2.75, 3.05) is 45.9 Å². The smallest absolute Gasteiger partial charge is 0.237 e. The zero-order chi connectivity index (χ0) is 12.8. The molecule has 2 rings (SSSR count). The van der Waals surface area contributed by atoms with Crippen molar-refractivity contribution in [3.8, 4) is 0 Å². The number of ether oxygens (including phenoxy) is 1. The highest BCUT2D eigenvalue weighted by Crippen LogP contribution is 2.06. The Hall–Kier alpha value is -0.650. The van der Waals surface area contributed by atoms with E-state index in [1.54, 1.807) is 0 Å². The van der Waals surface area contributed by atoms with Crippen LogP contribution in [-0.4, -0.2) is 62.8 Å². The quantitative estimate of drug-likeness (QED) is 0.716. The first-order chi connectivity index (χ1) is 8.75. The van der Waals surface area contributed by atoms with Crippen LogP contribution in [0.15, 0.2) is 0 Å². The van der Waals surface area contributed by atoms with Gasteiger partial charge in [0.2, 0.25) is 5.91 Å². The lowest BCUT2D eigenvalue weighted by Gasteiger charge is -2.29. The minimum Gasteiger partial charge on any atom is -0.379 e. The maximum Gasteiger partial charge on any atom is 0.237 e. The van der Waals surface area contributed by atoms with Gasteiger partial charge in [-0.15, -0.1) is 0 Å². The summed E-state index contributed by atoms with van der Waals surface area (Å²) in [5.41, 5.74) is 0. The lowest BCUT2D eigenvalue weighted by Crippen LogP contribution is -2.44. The van der Waals surface area contributed by atoms with E-state index in [-0.39, 0.29) is 11.9 Å². The first kappa shape index (κ1) is 13.8. The molecule has 0 aromatic rings. The lowest BCUT2D eigenvalue weighted by molar-refractivity contribution is -0.123. The average Bonchev–Trinajstić information content (AvgIpc) is 2.91. The fraction of sp³-hybridized carbons (Fsp3) is 0.923. The Morgan fingerprint density at radius 2 is 2.28 bits per heavy atom. The number of nitrogens with zero attached hydrogens (tertiary/aromatic N) is 1. The van der Waals surface area contributed by atoms with Gasteiger partial charge in [-0.3, -0.25) is 9.69 Å². The molecule has 2 N–H and O–H groups in total. The summed E-state index contributed by atoms with van der Waals surface area (Å²) in [7, 11) is 0. The summed E-state index contributed by atoms with van der Waals surface area (Å²) in [6.45, 7) is 8.69. The molecule has 5 nitrogen and oxygen atoms in total. The molecule has 2 atom stereocenters. The Morgan fingerprint density at radius 1 is 1.50 bits per heavy atom. The Balaban J connectivity index is 1.61. The monoisotopic (exact) mass is 255 g/mol. The van der Waals surface area contributed by atoms with Gasteiger partial charge < -0.3 is 15.4 Å². The highest BCUT2D eigenvalue weighted by atomic mass is 16.5. The predicted molar refractivity (Wildman–Crippen MR) is 70.5 cm³/mol. The predicted octanol–water partition coefficient (Wildman–Crippen LogP) is -0.177. The third kappa shape index (κ3) is 4.23. The summed E-state index contributed by atoms with van der Waals surface area (Å²) in [4.78, 5) is 14.2. The Morgan fingerprint density at radius 3 is 2.94 bits per heavy atom. The van der Waals surface area contributed by atoms with E-state index in [1.807, 2.05) is 0 Å². The van der Waals surface area contributed by atoms with Crippen LogP contribution < -0.4 is 10.6 Å². The maximum absolute atomic E-state index is 11.8. The Labute approximate surface area is 109 Å². The van der Waals surface area contributed by atoms with Crippen molar-refractivity contribution in [2.24, 2.45) is 5.92 Å². The Bertz CT molecular complexity index is 261. The van der Waals surface area contributed by atoms with Crippen LogP contribution in [0.1, 0.15) is 19.8 Å². The molecular weight excluding hydrogens is 230 g/mol. The van der Waals surface area contributed by atoms with Gasteiger partial charge in [0.1, 0.15) is 0 Å². The molecule has 0 bridgehead atoms. The van der Waals surface area contributed by atoms with Crippen molar-refractivity contribution >= 4 is 5.91 Å². The van der Waals surface area contributed by atoms with Gasteiger partial charge in [-0.05, 0) is 25.3 Å². The van der Waals surface area contributed by atoms with E-state index in [9.17, 15) is 4.79 Å². The summed E-state index contributed by atoms with van der Waals surface area (Å²) >= 11 is 0. The lowest BCUT2D eigenvalue weighted by atomic mass is 10.1. The SMILES string of the molecule is CC(CNC(=O)C1CCCN1)CN1CCOCC1. The van der Waals surface area contributed by atoms with Gasteiger partial charge in [-0.25, -0.2) is 0 Å². The molecule has 2 aliphatic heterocycles. The molecule has 0 radical (unpaired) electrons. The molecule has 0 aromatic carbocycles. The van der Waals surface area contributed by atoms with Crippen molar-refractivity contribution in [3.63, 3.8) is 0 Å². The molecule has 2 heterocycles. The van der Waals surface area contributed by atoms with Crippen molar-refractivity contribution in [2.45, 2.75) is 25.8 Å². The highest BCUT2D eigenvalue weighted by Gasteiger charge is 2.22. The molecular formula is C13H25N3O2. The molecule has 2 fully saturated rings. The van der Waals surface area contributed by atoms with Crippen molar-refractivity contribution in [1.82, 2.24) is 15.5 Å². The zero-order valence-electron chi connectivity index (χ0n) is 11.3. The number of amides is 1. The molecule has 5 heteroatoms. The van der Waals surface area contributed by atoms with Crippen LogP contribution in [0.5, 0.6) is 0 Å². The van der Waals surface area contributed by atoms with Gasteiger partial charge in [0.15, 0.2) is 0 Å². The largest absolute Gasteiger partial charge is 0.379 e. The molecule has 104 valence electrons. The molecule has 0 saturated carbocycles. The summed E-state index contributed by atoms with van der Waals surface area (Å²) < 4.78 is 5.33. The standard InChI is InChI=1S/C13H25N3O2/c1-11(10-16-5-7-18-8-6-16)9-15-13(17)12-3-2-4-14-12/h11-12,14H,2-10H2,1H3,(H,15,17). The highest BCUT2D eigenvalue weighted by molar-refractivity contribution is 5.81. The van der Waals surface area contributed by atoms with Gasteiger partial charge in [0, 0.05) is 26.2 Å². The van der Waals surface area contributed by atoms with Crippen LogP contribution in [0.25, 0.3) is 0 Å². The number of hydrogen-bond donors (Lipinski definition) is 2. The number of carbonyl (C=O) groups excluding carboxylic acids is 1. The topological polar surface area (TPSA) is 53.6 Å². The number of carbonyl (C=O) groups is 1. The van der Waals surface area contributed by atoms with Crippen LogP contribution >= 0.6 is 0 Å². The fourth-order valence-corrected chi connectivity index (χ4v) is 2.60. The summed E-state index contributed by atoms with van der Waals surface area (Å²) in [5.74, 6) is 0.662. The summed E-state index contributed by atoms with van der Waals surface area (Å²) in [6, 6.07) is 0.0422. The average molecular weight is 255 g/mol.